The van der Waals surface area contributed by atoms with Crippen molar-refractivity contribution in [1.82, 2.24) is 19.9 Å². The van der Waals surface area contributed by atoms with E-state index in [9.17, 15) is 9.59 Å². The van der Waals surface area contributed by atoms with Crippen molar-refractivity contribution in [3.05, 3.63) is 59.9 Å². The number of amides is 1. The standard InChI is InChI=1S/C33H44N6O3/c1-5-7-14-27-16-10-17-38(27)32(40)26-13-8-11-24(18-26)25-12-9-15-28(19-25)39(34-21-23(3)33(41)42-6-2)31-20-29(31)30-22-37(4)36-35-30/h9,12,15,18-19,21-22,26-27,29,31H,3,5-8,10-11,13-14,16-17,20H2,1-2,4H3/b34-21-. The number of aryl methyl sites for hydroxylation is 1. The number of nitrogens with zero attached hydrogens (tertiary/aromatic N) is 6. The number of hydrogen-bond donors (Lipinski definition) is 0. The first kappa shape index (κ1) is 29.7. The van der Waals surface area contributed by atoms with E-state index in [1.807, 2.05) is 30.4 Å². The maximum Gasteiger partial charge on any atom is 0.339 e. The molecule has 9 nitrogen and oxygen atoms in total. The number of carbonyl (C=O) groups excluding carboxylic acids is 2. The van der Waals surface area contributed by atoms with Crippen LogP contribution in [-0.2, 0) is 21.4 Å². The molecule has 4 unspecified atom stereocenters. The second kappa shape index (κ2) is 13.5. The molecule has 2 aromatic rings. The molecule has 2 heterocycles. The van der Waals surface area contributed by atoms with E-state index < -0.39 is 5.97 Å². The third-order valence-corrected chi connectivity index (χ3v) is 8.66. The maximum absolute atomic E-state index is 13.6. The Hall–Kier alpha value is -3.75. The highest BCUT2D eigenvalue weighted by Gasteiger charge is 2.45. The van der Waals surface area contributed by atoms with Crippen molar-refractivity contribution in [2.45, 2.75) is 89.6 Å². The largest absolute Gasteiger partial charge is 0.462 e. The van der Waals surface area contributed by atoms with E-state index in [-0.39, 0.29) is 30.1 Å². The summed E-state index contributed by atoms with van der Waals surface area (Å²) in [4.78, 5) is 28.0. The minimum atomic E-state index is -0.478. The normalized spacial score (nSPS) is 23.6. The van der Waals surface area contributed by atoms with Crippen LogP contribution in [0.4, 0.5) is 5.69 Å². The Morgan fingerprint density at radius 3 is 2.86 bits per heavy atom. The van der Waals surface area contributed by atoms with Gasteiger partial charge in [0.05, 0.1) is 41.7 Å². The predicted molar refractivity (Wildman–Crippen MR) is 165 cm³/mol. The summed E-state index contributed by atoms with van der Waals surface area (Å²) in [5, 5.41) is 15.1. The molecule has 2 aliphatic carbocycles. The number of unbranched alkanes of at least 4 members (excludes halogenated alkanes) is 1. The number of hydrazone groups is 1. The lowest BCUT2D eigenvalue weighted by molar-refractivity contribution is -0.138. The summed E-state index contributed by atoms with van der Waals surface area (Å²) in [6.45, 7) is 9.00. The summed E-state index contributed by atoms with van der Waals surface area (Å²) < 4.78 is 6.80. The van der Waals surface area contributed by atoms with E-state index in [1.165, 1.54) is 24.6 Å². The Bertz CT molecular complexity index is 1350. The molecule has 0 N–H and O–H groups in total. The van der Waals surface area contributed by atoms with Gasteiger partial charge in [-0.25, -0.2) is 4.79 Å². The van der Waals surface area contributed by atoms with Gasteiger partial charge in [0.1, 0.15) is 0 Å². The molecule has 1 aromatic carbocycles. The monoisotopic (exact) mass is 572 g/mol. The van der Waals surface area contributed by atoms with Crippen LogP contribution in [0.15, 0.2) is 53.8 Å². The van der Waals surface area contributed by atoms with Gasteiger partial charge in [-0.15, -0.1) is 5.10 Å². The van der Waals surface area contributed by atoms with Crippen LogP contribution < -0.4 is 5.01 Å². The van der Waals surface area contributed by atoms with Crippen molar-refractivity contribution in [3.63, 3.8) is 0 Å². The van der Waals surface area contributed by atoms with Crippen LogP contribution in [0.1, 0.15) is 88.8 Å². The highest BCUT2D eigenvalue weighted by atomic mass is 16.5. The van der Waals surface area contributed by atoms with Gasteiger partial charge in [0, 0.05) is 31.7 Å². The Morgan fingerprint density at radius 2 is 2.10 bits per heavy atom. The molecule has 1 amide bonds. The Morgan fingerprint density at radius 1 is 1.24 bits per heavy atom. The molecule has 9 heteroatoms. The summed E-state index contributed by atoms with van der Waals surface area (Å²) in [6, 6.07) is 8.82. The third kappa shape index (κ3) is 6.82. The highest BCUT2D eigenvalue weighted by molar-refractivity contribution is 6.09. The fraction of sp³-hybridized carbons (Fsp3) is 0.545. The number of carbonyl (C=O) groups is 2. The topological polar surface area (TPSA) is 92.9 Å². The Balaban J connectivity index is 1.37. The van der Waals surface area contributed by atoms with Gasteiger partial charge < -0.3 is 9.64 Å². The summed E-state index contributed by atoms with van der Waals surface area (Å²) in [5.74, 6) is -0.0526. The number of esters is 1. The van der Waals surface area contributed by atoms with Gasteiger partial charge >= 0.3 is 5.97 Å². The Kier molecular flexibility index (Phi) is 9.55. The van der Waals surface area contributed by atoms with E-state index in [0.717, 1.165) is 68.4 Å². The number of hydrogen-bond acceptors (Lipinski definition) is 7. The maximum atomic E-state index is 13.6. The van der Waals surface area contributed by atoms with Crippen molar-refractivity contribution >= 4 is 29.4 Å². The van der Waals surface area contributed by atoms with Crippen molar-refractivity contribution < 1.29 is 14.3 Å². The zero-order valence-corrected chi connectivity index (χ0v) is 25.2. The van der Waals surface area contributed by atoms with E-state index in [1.54, 1.807) is 11.6 Å². The first-order valence-corrected chi connectivity index (χ1v) is 15.6. The molecule has 5 rings (SSSR count). The lowest BCUT2D eigenvalue weighted by Gasteiger charge is -2.30. The molecule has 224 valence electrons. The number of ether oxygens (including phenoxy) is 1. The molecule has 1 aromatic heterocycles. The van der Waals surface area contributed by atoms with Crippen LogP contribution in [0, 0.1) is 5.92 Å². The van der Waals surface area contributed by atoms with Crippen LogP contribution in [0.25, 0.3) is 5.57 Å². The molecular weight excluding hydrogens is 528 g/mol. The molecule has 1 saturated carbocycles. The summed E-state index contributed by atoms with van der Waals surface area (Å²) in [6.07, 6.45) is 15.1. The summed E-state index contributed by atoms with van der Waals surface area (Å²) in [5.41, 5.74) is 4.37. The predicted octanol–water partition coefficient (Wildman–Crippen LogP) is 5.65. The Labute approximate surface area is 249 Å². The third-order valence-electron chi connectivity index (χ3n) is 8.66. The number of aromatic nitrogens is 3. The molecule has 0 bridgehead atoms. The zero-order chi connectivity index (χ0) is 29.6. The van der Waals surface area contributed by atoms with E-state index >= 15 is 0 Å². The number of likely N-dealkylation sites (tertiary alicyclic amines) is 1. The lowest BCUT2D eigenvalue weighted by Crippen LogP contribution is -2.39. The van der Waals surface area contributed by atoms with Gasteiger partial charge in [0.15, 0.2) is 0 Å². The molecule has 2 fully saturated rings. The zero-order valence-electron chi connectivity index (χ0n) is 25.2. The second-order valence-electron chi connectivity index (χ2n) is 11.8. The van der Waals surface area contributed by atoms with Crippen molar-refractivity contribution in [3.8, 4) is 0 Å². The fourth-order valence-corrected chi connectivity index (χ4v) is 6.34. The first-order valence-electron chi connectivity index (χ1n) is 15.6. The van der Waals surface area contributed by atoms with Gasteiger partial charge in [-0.1, -0.05) is 49.8 Å². The quantitative estimate of drug-likeness (QED) is 0.141. The summed E-state index contributed by atoms with van der Waals surface area (Å²) >= 11 is 0. The van der Waals surface area contributed by atoms with Gasteiger partial charge in [-0.05, 0) is 75.1 Å². The average molecular weight is 573 g/mol. The van der Waals surface area contributed by atoms with Crippen LogP contribution >= 0.6 is 0 Å². The van der Waals surface area contributed by atoms with Gasteiger partial charge in [-0.3, -0.25) is 14.5 Å². The van der Waals surface area contributed by atoms with Crippen LogP contribution in [0.2, 0.25) is 0 Å². The van der Waals surface area contributed by atoms with Gasteiger partial charge in [-0.2, -0.15) is 5.10 Å². The molecule has 1 saturated heterocycles. The fourth-order valence-electron chi connectivity index (χ4n) is 6.34. The molecule has 0 radical (unpaired) electrons. The van der Waals surface area contributed by atoms with Crippen molar-refractivity contribution in [2.75, 3.05) is 18.2 Å². The average Bonchev–Trinajstić information content (AvgIpc) is 3.42. The van der Waals surface area contributed by atoms with E-state index in [4.69, 9.17) is 9.84 Å². The highest BCUT2D eigenvalue weighted by Crippen LogP contribution is 2.46. The van der Waals surface area contributed by atoms with E-state index in [0.29, 0.717) is 11.9 Å². The van der Waals surface area contributed by atoms with Crippen molar-refractivity contribution in [2.24, 2.45) is 18.1 Å². The molecule has 4 atom stereocenters. The molecule has 0 spiro atoms. The smallest absolute Gasteiger partial charge is 0.339 e. The van der Waals surface area contributed by atoms with Crippen LogP contribution in [0.5, 0.6) is 0 Å². The minimum Gasteiger partial charge on any atom is -0.462 e. The molecule has 42 heavy (non-hydrogen) atoms. The number of benzene rings is 1. The lowest BCUT2D eigenvalue weighted by atomic mass is 9.86. The van der Waals surface area contributed by atoms with E-state index in [2.05, 4.69) is 46.9 Å². The molecule has 1 aliphatic heterocycles. The molecule has 3 aliphatic rings. The second-order valence-corrected chi connectivity index (χ2v) is 11.8. The SMILES string of the molecule is C=C(/C=N\N(c1cccc(C2=CC(C(=O)N3CCCC3CCCC)CCC2)c1)C1CC1c1cn(C)nn1)C(=O)OCC. The summed E-state index contributed by atoms with van der Waals surface area (Å²) in [7, 11) is 1.86. The number of allylic oxidation sites excluding steroid dienone is 1. The van der Waals surface area contributed by atoms with Gasteiger partial charge in [0.25, 0.3) is 0 Å². The van der Waals surface area contributed by atoms with Crippen molar-refractivity contribution in [1.29, 1.82) is 0 Å². The number of rotatable bonds is 12. The number of anilines is 1. The van der Waals surface area contributed by atoms with Crippen LogP contribution in [-0.4, -0.2) is 63.2 Å². The molecular formula is C33H44N6O3. The minimum absolute atomic E-state index is 0.0638. The van der Waals surface area contributed by atoms with Gasteiger partial charge in [0.2, 0.25) is 5.91 Å². The first-order chi connectivity index (χ1) is 20.4. The van der Waals surface area contributed by atoms with Crippen LogP contribution in [0.3, 0.4) is 0 Å².